The second-order valence-corrected chi connectivity index (χ2v) is 4.39. The van der Waals surface area contributed by atoms with Crippen molar-refractivity contribution in [3.63, 3.8) is 0 Å². The molecule has 5 nitrogen and oxygen atoms in total. The van der Waals surface area contributed by atoms with Crippen LogP contribution in [0.3, 0.4) is 0 Å². The minimum atomic E-state index is -0.403. The van der Waals surface area contributed by atoms with E-state index in [0.29, 0.717) is 23.6 Å². The smallest absolute Gasteiger partial charge is 0.341 e. The Morgan fingerprint density at radius 2 is 2.20 bits per heavy atom. The van der Waals surface area contributed by atoms with Gasteiger partial charge < -0.3 is 19.6 Å². The van der Waals surface area contributed by atoms with Crippen LogP contribution in [0.1, 0.15) is 27.4 Å². The average molecular weight is 275 g/mol. The predicted molar refractivity (Wildman–Crippen MR) is 74.5 cm³/mol. The van der Waals surface area contributed by atoms with Gasteiger partial charge in [-0.1, -0.05) is 12.1 Å². The van der Waals surface area contributed by atoms with Crippen LogP contribution in [-0.4, -0.2) is 18.2 Å². The zero-order chi connectivity index (χ0) is 14.5. The van der Waals surface area contributed by atoms with Gasteiger partial charge in [-0.25, -0.2) is 4.79 Å². The molecule has 1 aromatic heterocycles. The minimum absolute atomic E-state index is 0.00185. The highest BCUT2D eigenvalue weighted by molar-refractivity contribution is 5.90. The minimum Gasteiger partial charge on any atom is -0.465 e. The van der Waals surface area contributed by atoms with Crippen molar-refractivity contribution in [3.8, 4) is 0 Å². The fourth-order valence-electron chi connectivity index (χ4n) is 1.91. The van der Waals surface area contributed by atoms with Gasteiger partial charge in [0.15, 0.2) is 0 Å². The van der Waals surface area contributed by atoms with Crippen molar-refractivity contribution >= 4 is 11.7 Å². The van der Waals surface area contributed by atoms with Crippen molar-refractivity contribution in [1.82, 2.24) is 0 Å². The van der Waals surface area contributed by atoms with Crippen LogP contribution < -0.4 is 5.32 Å². The van der Waals surface area contributed by atoms with Gasteiger partial charge in [-0.2, -0.15) is 0 Å². The molecule has 0 unspecified atom stereocenters. The molecule has 1 heterocycles. The number of methoxy groups -OCH3 is 1. The fourth-order valence-corrected chi connectivity index (χ4v) is 1.91. The van der Waals surface area contributed by atoms with Crippen molar-refractivity contribution in [2.75, 3.05) is 12.4 Å². The van der Waals surface area contributed by atoms with Gasteiger partial charge in [0.25, 0.3) is 0 Å². The van der Waals surface area contributed by atoms with Gasteiger partial charge in [-0.3, -0.25) is 0 Å². The molecule has 0 saturated carbocycles. The number of aliphatic hydroxyl groups is 1. The van der Waals surface area contributed by atoms with E-state index in [1.165, 1.54) is 7.11 Å². The van der Waals surface area contributed by atoms with E-state index in [9.17, 15) is 4.79 Å². The number of ether oxygens (including phenoxy) is 1. The molecule has 20 heavy (non-hydrogen) atoms. The molecule has 5 heteroatoms. The molecule has 1 aromatic carbocycles. The van der Waals surface area contributed by atoms with Crippen molar-refractivity contribution in [2.45, 2.75) is 20.1 Å². The van der Waals surface area contributed by atoms with Crippen molar-refractivity contribution in [1.29, 1.82) is 0 Å². The Bertz CT molecular complexity index is 604. The summed E-state index contributed by atoms with van der Waals surface area (Å²) in [4.78, 5) is 11.5. The largest absolute Gasteiger partial charge is 0.465 e. The molecule has 0 fully saturated rings. The van der Waals surface area contributed by atoms with E-state index in [1.807, 2.05) is 24.3 Å². The Balaban J connectivity index is 2.05. The number of aryl methyl sites for hydroxylation is 1. The summed E-state index contributed by atoms with van der Waals surface area (Å²) in [5.74, 6) is 0.787. The fraction of sp³-hybridized carbons (Fsp3) is 0.267. The Hall–Kier alpha value is -2.27. The number of carbonyl (C=O) groups is 1. The van der Waals surface area contributed by atoms with Gasteiger partial charge in [0, 0.05) is 5.69 Å². The third-order valence-electron chi connectivity index (χ3n) is 2.95. The number of hydrogen-bond acceptors (Lipinski definition) is 5. The lowest BCUT2D eigenvalue weighted by molar-refractivity contribution is 0.0599. The van der Waals surface area contributed by atoms with Crippen LogP contribution >= 0.6 is 0 Å². The molecule has 0 aliphatic heterocycles. The topological polar surface area (TPSA) is 71.7 Å². The van der Waals surface area contributed by atoms with Crippen LogP contribution in [0, 0.1) is 6.92 Å². The molecule has 0 aliphatic rings. The van der Waals surface area contributed by atoms with E-state index in [-0.39, 0.29) is 6.61 Å². The maximum absolute atomic E-state index is 11.5. The summed E-state index contributed by atoms with van der Waals surface area (Å²) in [5.41, 5.74) is 2.15. The van der Waals surface area contributed by atoms with Crippen LogP contribution in [0.25, 0.3) is 0 Å². The number of carbonyl (C=O) groups excluding carboxylic acids is 1. The van der Waals surface area contributed by atoms with Crippen LogP contribution in [0.5, 0.6) is 0 Å². The second-order valence-electron chi connectivity index (χ2n) is 4.39. The number of rotatable bonds is 5. The molecule has 0 aliphatic carbocycles. The maximum atomic E-state index is 11.5. The quantitative estimate of drug-likeness (QED) is 0.820. The molecular formula is C15H17NO4. The highest BCUT2D eigenvalue weighted by Gasteiger charge is 2.14. The SMILES string of the molecule is COC(=O)c1cc(CNc2cccc(CO)c2)oc1C. The summed E-state index contributed by atoms with van der Waals surface area (Å²) in [6.45, 7) is 2.18. The van der Waals surface area contributed by atoms with Crippen molar-refractivity contribution in [2.24, 2.45) is 0 Å². The lowest BCUT2D eigenvalue weighted by atomic mass is 10.2. The molecule has 106 valence electrons. The third kappa shape index (κ3) is 3.19. The summed E-state index contributed by atoms with van der Waals surface area (Å²) in [7, 11) is 1.34. The Morgan fingerprint density at radius 3 is 2.90 bits per heavy atom. The maximum Gasteiger partial charge on any atom is 0.341 e. The lowest BCUT2D eigenvalue weighted by Gasteiger charge is -2.05. The molecule has 0 atom stereocenters. The predicted octanol–water partition coefficient (Wildman–Crippen LogP) is 2.48. The number of benzene rings is 1. The van der Waals surface area contributed by atoms with Gasteiger partial charge in [0.1, 0.15) is 17.1 Å². The average Bonchev–Trinajstić information content (AvgIpc) is 2.85. The normalized spacial score (nSPS) is 10.3. The van der Waals surface area contributed by atoms with Gasteiger partial charge in [-0.05, 0) is 30.7 Å². The van der Waals surface area contributed by atoms with E-state index in [2.05, 4.69) is 10.1 Å². The first kappa shape index (κ1) is 14.1. The highest BCUT2D eigenvalue weighted by Crippen LogP contribution is 2.18. The molecular weight excluding hydrogens is 258 g/mol. The van der Waals surface area contributed by atoms with E-state index in [4.69, 9.17) is 9.52 Å². The molecule has 0 amide bonds. The number of furan rings is 1. The molecule has 0 saturated heterocycles. The zero-order valence-corrected chi connectivity index (χ0v) is 11.5. The first-order valence-corrected chi connectivity index (χ1v) is 6.25. The Morgan fingerprint density at radius 1 is 1.40 bits per heavy atom. The van der Waals surface area contributed by atoms with Gasteiger partial charge in [0.05, 0.1) is 20.3 Å². The van der Waals surface area contributed by atoms with Crippen LogP contribution in [-0.2, 0) is 17.9 Å². The summed E-state index contributed by atoms with van der Waals surface area (Å²) >= 11 is 0. The van der Waals surface area contributed by atoms with E-state index in [0.717, 1.165) is 11.3 Å². The van der Waals surface area contributed by atoms with E-state index >= 15 is 0 Å². The van der Waals surface area contributed by atoms with Crippen LogP contribution in [0.15, 0.2) is 34.7 Å². The highest BCUT2D eigenvalue weighted by atomic mass is 16.5. The molecule has 0 spiro atoms. The molecule has 0 radical (unpaired) electrons. The zero-order valence-electron chi connectivity index (χ0n) is 11.5. The van der Waals surface area contributed by atoms with Crippen molar-refractivity contribution in [3.05, 3.63) is 53.0 Å². The molecule has 2 N–H and O–H groups in total. The number of aliphatic hydroxyl groups excluding tert-OH is 1. The molecule has 2 rings (SSSR count). The second kappa shape index (κ2) is 6.25. The number of nitrogens with one attached hydrogen (secondary N) is 1. The molecule has 0 bridgehead atoms. The lowest BCUT2D eigenvalue weighted by Crippen LogP contribution is -2.01. The standard InChI is InChI=1S/C15H17NO4/c1-10-14(15(18)19-2)7-13(20-10)8-16-12-5-3-4-11(6-12)9-17/h3-7,16-17H,8-9H2,1-2H3. The summed E-state index contributed by atoms with van der Waals surface area (Å²) in [6, 6.07) is 9.13. The number of esters is 1. The first-order valence-electron chi connectivity index (χ1n) is 6.25. The number of anilines is 1. The Kier molecular flexibility index (Phi) is 4.42. The Labute approximate surface area is 117 Å². The first-order chi connectivity index (χ1) is 9.63. The van der Waals surface area contributed by atoms with Crippen LogP contribution in [0.4, 0.5) is 5.69 Å². The molecule has 2 aromatic rings. The monoisotopic (exact) mass is 275 g/mol. The van der Waals surface area contributed by atoms with Gasteiger partial charge in [0.2, 0.25) is 0 Å². The van der Waals surface area contributed by atoms with Gasteiger partial charge >= 0.3 is 5.97 Å². The summed E-state index contributed by atoms with van der Waals surface area (Å²) in [5, 5.41) is 12.3. The summed E-state index contributed by atoms with van der Waals surface area (Å²) < 4.78 is 10.2. The van der Waals surface area contributed by atoms with Gasteiger partial charge in [-0.15, -0.1) is 0 Å². The van der Waals surface area contributed by atoms with Crippen LogP contribution in [0.2, 0.25) is 0 Å². The van der Waals surface area contributed by atoms with Crippen molar-refractivity contribution < 1.29 is 19.1 Å². The van der Waals surface area contributed by atoms with E-state index < -0.39 is 5.97 Å². The number of hydrogen-bond donors (Lipinski definition) is 2. The summed E-state index contributed by atoms with van der Waals surface area (Å²) in [6.07, 6.45) is 0. The third-order valence-corrected chi connectivity index (χ3v) is 2.95. The van der Waals surface area contributed by atoms with E-state index in [1.54, 1.807) is 13.0 Å².